The number of nitrogens with one attached hydrogen (secondary N) is 1. The average molecular weight is 309 g/mol. The molecule has 2 rings (SSSR count). The van der Waals surface area contributed by atoms with Crippen LogP contribution in [0, 0.1) is 6.92 Å². The third-order valence-corrected chi connectivity index (χ3v) is 4.65. The van der Waals surface area contributed by atoms with E-state index in [2.05, 4.69) is 10.3 Å². The molecule has 2 aromatic rings. The summed E-state index contributed by atoms with van der Waals surface area (Å²) in [5.41, 5.74) is 0.520. The highest BCUT2D eigenvalue weighted by molar-refractivity contribution is 7.20. The van der Waals surface area contributed by atoms with Gasteiger partial charge in [0.1, 0.15) is 4.83 Å². The summed E-state index contributed by atoms with van der Waals surface area (Å²) in [5.74, 6) is -0.221. The van der Waals surface area contributed by atoms with Crippen molar-refractivity contribution in [3.8, 4) is 0 Å². The highest BCUT2D eigenvalue weighted by atomic mass is 32.1. The van der Waals surface area contributed by atoms with Gasteiger partial charge in [0.15, 0.2) is 0 Å². The first-order valence-electron chi connectivity index (χ1n) is 6.86. The Bertz CT molecular complexity index is 720. The first kappa shape index (κ1) is 15.7. The third-order valence-electron chi connectivity index (χ3n) is 3.45. The minimum absolute atomic E-state index is 0.144. The topological polar surface area (TPSA) is 84.2 Å². The third kappa shape index (κ3) is 3.14. The van der Waals surface area contributed by atoms with Gasteiger partial charge >= 0.3 is 0 Å². The van der Waals surface area contributed by atoms with E-state index in [9.17, 15) is 14.7 Å². The molecule has 7 heteroatoms. The maximum Gasteiger partial charge on any atom is 0.262 e. The fourth-order valence-electron chi connectivity index (χ4n) is 2.06. The van der Waals surface area contributed by atoms with Gasteiger partial charge < -0.3 is 15.0 Å². The van der Waals surface area contributed by atoms with Crippen LogP contribution >= 0.6 is 11.3 Å². The van der Waals surface area contributed by atoms with Crippen molar-refractivity contribution in [2.24, 2.45) is 7.05 Å². The zero-order chi connectivity index (χ0) is 15.6. The molecule has 0 radical (unpaired) electrons. The van der Waals surface area contributed by atoms with Crippen molar-refractivity contribution < 1.29 is 9.90 Å². The Morgan fingerprint density at radius 3 is 2.95 bits per heavy atom. The lowest BCUT2D eigenvalue weighted by molar-refractivity contribution is 0.0945. The summed E-state index contributed by atoms with van der Waals surface area (Å²) in [5, 5.41) is 12.8. The van der Waals surface area contributed by atoms with Crippen LogP contribution in [-0.4, -0.2) is 33.2 Å². The second-order valence-corrected chi connectivity index (χ2v) is 6.00. The van der Waals surface area contributed by atoms with Crippen molar-refractivity contribution in [1.82, 2.24) is 14.9 Å². The van der Waals surface area contributed by atoms with Crippen LogP contribution in [0.5, 0.6) is 0 Å². The van der Waals surface area contributed by atoms with Crippen LogP contribution in [0.3, 0.4) is 0 Å². The molecule has 1 amide bonds. The molecule has 0 saturated carbocycles. The first-order valence-corrected chi connectivity index (χ1v) is 7.68. The van der Waals surface area contributed by atoms with Crippen molar-refractivity contribution in [3.05, 3.63) is 27.1 Å². The molecule has 1 atom stereocenters. The van der Waals surface area contributed by atoms with Gasteiger partial charge in [-0.15, -0.1) is 11.3 Å². The summed E-state index contributed by atoms with van der Waals surface area (Å²) in [6.07, 6.45) is 2.24. The lowest BCUT2D eigenvalue weighted by atomic mass is 10.2. The Balaban J connectivity index is 2.23. The van der Waals surface area contributed by atoms with E-state index in [0.717, 1.165) is 0 Å². The number of aliphatic hydroxyl groups excluding tert-OH is 1. The Labute approximate surface area is 126 Å². The van der Waals surface area contributed by atoms with Crippen LogP contribution in [0.4, 0.5) is 0 Å². The Kier molecular flexibility index (Phi) is 4.74. The Morgan fingerprint density at radius 2 is 2.29 bits per heavy atom. The number of rotatable bonds is 5. The zero-order valence-electron chi connectivity index (χ0n) is 12.3. The van der Waals surface area contributed by atoms with Crippen molar-refractivity contribution in [2.45, 2.75) is 32.8 Å². The molecule has 21 heavy (non-hydrogen) atoms. The van der Waals surface area contributed by atoms with Crippen LogP contribution in [-0.2, 0) is 7.05 Å². The van der Waals surface area contributed by atoms with E-state index in [0.29, 0.717) is 40.0 Å². The smallest absolute Gasteiger partial charge is 0.262 e. The van der Waals surface area contributed by atoms with E-state index in [1.165, 1.54) is 22.2 Å². The SMILES string of the molecule is CCC(O)CCNC(=O)c1sc2ncn(C)c(=O)c2c1C. The number of thiophene rings is 1. The van der Waals surface area contributed by atoms with Crippen molar-refractivity contribution in [1.29, 1.82) is 0 Å². The van der Waals surface area contributed by atoms with Crippen LogP contribution in [0.2, 0.25) is 0 Å². The summed E-state index contributed by atoms with van der Waals surface area (Å²) < 4.78 is 1.40. The van der Waals surface area contributed by atoms with E-state index in [1.807, 2.05) is 6.92 Å². The minimum Gasteiger partial charge on any atom is -0.393 e. The number of amides is 1. The summed E-state index contributed by atoms with van der Waals surface area (Å²) in [6.45, 7) is 4.06. The molecule has 0 saturated heterocycles. The number of hydrogen-bond acceptors (Lipinski definition) is 5. The lowest BCUT2D eigenvalue weighted by Gasteiger charge is -2.08. The summed E-state index contributed by atoms with van der Waals surface area (Å²) in [4.78, 5) is 29.5. The number of aromatic nitrogens is 2. The Hall–Kier alpha value is -1.73. The van der Waals surface area contributed by atoms with E-state index >= 15 is 0 Å². The largest absolute Gasteiger partial charge is 0.393 e. The molecule has 0 aliphatic heterocycles. The van der Waals surface area contributed by atoms with Crippen molar-refractivity contribution >= 4 is 27.5 Å². The molecule has 0 spiro atoms. The van der Waals surface area contributed by atoms with Gasteiger partial charge in [-0.3, -0.25) is 9.59 Å². The fourth-order valence-corrected chi connectivity index (χ4v) is 3.12. The first-order chi connectivity index (χ1) is 9.95. The fraction of sp³-hybridized carbons (Fsp3) is 0.500. The van der Waals surface area contributed by atoms with Gasteiger partial charge in [0, 0.05) is 13.6 Å². The monoisotopic (exact) mass is 309 g/mol. The van der Waals surface area contributed by atoms with E-state index in [1.54, 1.807) is 14.0 Å². The molecule has 2 N–H and O–H groups in total. The van der Waals surface area contributed by atoms with Crippen LogP contribution < -0.4 is 10.9 Å². The van der Waals surface area contributed by atoms with Crippen molar-refractivity contribution in [3.63, 3.8) is 0 Å². The highest BCUT2D eigenvalue weighted by Gasteiger charge is 2.18. The zero-order valence-corrected chi connectivity index (χ0v) is 13.2. The summed E-state index contributed by atoms with van der Waals surface area (Å²) in [6, 6.07) is 0. The molecular formula is C14H19N3O3S. The molecular weight excluding hydrogens is 290 g/mol. The van der Waals surface area contributed by atoms with Crippen LogP contribution in [0.15, 0.2) is 11.1 Å². The number of fused-ring (bicyclic) bond motifs is 1. The highest BCUT2D eigenvalue weighted by Crippen LogP contribution is 2.26. The predicted octanol–water partition coefficient (Wildman–Crippen LogP) is 1.19. The van der Waals surface area contributed by atoms with Gasteiger partial charge in [-0.1, -0.05) is 6.92 Å². The maximum atomic E-state index is 12.2. The molecule has 0 aromatic carbocycles. The van der Waals surface area contributed by atoms with Crippen LogP contribution in [0.1, 0.15) is 35.0 Å². The van der Waals surface area contributed by atoms with Crippen molar-refractivity contribution in [2.75, 3.05) is 6.54 Å². The molecule has 0 aliphatic rings. The van der Waals surface area contributed by atoms with Gasteiger partial charge in [0.25, 0.3) is 11.5 Å². The van der Waals surface area contributed by atoms with E-state index < -0.39 is 6.10 Å². The normalized spacial score (nSPS) is 12.6. The molecule has 6 nitrogen and oxygen atoms in total. The molecule has 0 bridgehead atoms. The summed E-state index contributed by atoms with van der Waals surface area (Å²) >= 11 is 1.22. The molecule has 0 aliphatic carbocycles. The average Bonchev–Trinajstić information content (AvgIpc) is 2.80. The quantitative estimate of drug-likeness (QED) is 0.869. The lowest BCUT2D eigenvalue weighted by Crippen LogP contribution is -2.27. The van der Waals surface area contributed by atoms with E-state index in [-0.39, 0.29) is 11.5 Å². The number of aliphatic hydroxyl groups is 1. The van der Waals surface area contributed by atoms with Gasteiger partial charge in [0.05, 0.1) is 22.7 Å². The molecule has 1 unspecified atom stereocenters. The number of hydrogen-bond donors (Lipinski definition) is 2. The number of nitrogens with zero attached hydrogens (tertiary/aromatic N) is 2. The molecule has 2 heterocycles. The molecule has 114 valence electrons. The van der Waals surface area contributed by atoms with Gasteiger partial charge in [-0.2, -0.15) is 0 Å². The Morgan fingerprint density at radius 1 is 1.57 bits per heavy atom. The number of aryl methyl sites for hydroxylation is 2. The standard InChI is InChI=1S/C14H19N3O3S/c1-4-9(18)5-6-15-12(19)11-8(2)10-13(21-11)16-7-17(3)14(10)20/h7,9,18H,4-6H2,1-3H3,(H,15,19). The number of carbonyl (C=O) groups excluding carboxylic acids is 1. The second kappa shape index (κ2) is 6.36. The maximum absolute atomic E-state index is 12.2. The van der Waals surface area contributed by atoms with E-state index in [4.69, 9.17) is 0 Å². The van der Waals surface area contributed by atoms with Crippen LogP contribution in [0.25, 0.3) is 10.2 Å². The predicted molar refractivity (Wildman–Crippen MR) is 82.8 cm³/mol. The van der Waals surface area contributed by atoms with Gasteiger partial charge in [-0.25, -0.2) is 4.98 Å². The minimum atomic E-state index is -0.400. The van der Waals surface area contributed by atoms with Gasteiger partial charge in [-0.05, 0) is 25.3 Å². The molecule has 2 aromatic heterocycles. The van der Waals surface area contributed by atoms with Gasteiger partial charge in [0.2, 0.25) is 0 Å². The summed E-state index contributed by atoms with van der Waals surface area (Å²) in [7, 11) is 1.64. The number of carbonyl (C=O) groups is 1. The molecule has 0 fully saturated rings. The second-order valence-electron chi connectivity index (χ2n) is 5.00.